The fourth-order valence-corrected chi connectivity index (χ4v) is 2.51. The van der Waals surface area contributed by atoms with E-state index < -0.39 is 4.92 Å². The number of hydrogen-bond donors (Lipinski definition) is 2. The Balaban J connectivity index is 1.58. The van der Waals surface area contributed by atoms with Gasteiger partial charge in [0, 0.05) is 29.7 Å². The predicted octanol–water partition coefficient (Wildman–Crippen LogP) is 5.15. The van der Waals surface area contributed by atoms with E-state index in [-0.39, 0.29) is 5.69 Å². The second-order valence-electron chi connectivity index (χ2n) is 5.60. The topological polar surface area (TPSA) is 79.6 Å². The summed E-state index contributed by atoms with van der Waals surface area (Å²) in [7, 11) is 0. The van der Waals surface area contributed by atoms with Gasteiger partial charge in [-0.3, -0.25) is 15.1 Å². The van der Waals surface area contributed by atoms with Crippen molar-refractivity contribution in [2.75, 3.05) is 10.6 Å². The second-order valence-corrected chi connectivity index (χ2v) is 6.01. The third-order valence-electron chi connectivity index (χ3n) is 3.62. The molecule has 134 valence electrons. The van der Waals surface area contributed by atoms with Crippen molar-refractivity contribution in [2.45, 2.75) is 0 Å². The van der Waals surface area contributed by atoms with Gasteiger partial charge in [0.05, 0.1) is 10.6 Å². The number of non-ortho nitro benzene ring substituents is 1. The van der Waals surface area contributed by atoms with E-state index in [1.165, 1.54) is 12.1 Å². The van der Waals surface area contributed by atoms with Gasteiger partial charge < -0.3 is 10.6 Å². The lowest BCUT2D eigenvalue weighted by Crippen LogP contribution is -2.18. The number of hydrogen-bond acceptors (Lipinski definition) is 4. The van der Waals surface area contributed by atoms with Gasteiger partial charge in [0.1, 0.15) is 0 Å². The highest BCUT2D eigenvalue weighted by Crippen LogP contribution is 2.17. The molecule has 0 amide bonds. The fraction of sp³-hybridized carbons (Fsp3) is 0. The number of rotatable bonds is 5. The van der Waals surface area contributed by atoms with Gasteiger partial charge in [0.2, 0.25) is 0 Å². The molecule has 0 bridgehead atoms. The van der Waals surface area contributed by atoms with Crippen molar-refractivity contribution in [3.8, 4) is 0 Å². The highest BCUT2D eigenvalue weighted by atomic mass is 32.1. The molecule has 0 saturated heterocycles. The Bertz CT molecular complexity index is 956. The Morgan fingerprint density at radius 3 is 2.07 bits per heavy atom. The van der Waals surface area contributed by atoms with Crippen molar-refractivity contribution in [3.63, 3.8) is 0 Å². The van der Waals surface area contributed by atoms with Crippen LogP contribution in [0, 0.1) is 10.1 Å². The van der Waals surface area contributed by atoms with E-state index in [1.54, 1.807) is 18.3 Å². The van der Waals surface area contributed by atoms with Crippen LogP contribution in [0.15, 0.2) is 83.9 Å². The van der Waals surface area contributed by atoms with Crippen LogP contribution in [0.5, 0.6) is 0 Å². The summed E-state index contributed by atoms with van der Waals surface area (Å²) in [6.45, 7) is 0. The van der Waals surface area contributed by atoms with Gasteiger partial charge in [0.25, 0.3) is 5.69 Å². The number of nitro benzene ring substituents is 1. The maximum Gasteiger partial charge on any atom is 0.269 e. The molecule has 0 aromatic heterocycles. The van der Waals surface area contributed by atoms with E-state index in [0.717, 1.165) is 22.6 Å². The van der Waals surface area contributed by atoms with Crippen LogP contribution in [0.3, 0.4) is 0 Å². The molecule has 3 aromatic rings. The Kier molecular flexibility index (Phi) is 5.86. The minimum Gasteiger partial charge on any atom is -0.332 e. The largest absolute Gasteiger partial charge is 0.332 e. The number of benzene rings is 3. The molecule has 0 saturated carbocycles. The zero-order valence-electron chi connectivity index (χ0n) is 14.2. The SMILES string of the molecule is O=[N+]([O-])c1ccc(C=Nc2ccc(NC(=S)Nc3ccccc3)cc2)cc1. The summed E-state index contributed by atoms with van der Waals surface area (Å²) >= 11 is 5.30. The summed E-state index contributed by atoms with van der Waals surface area (Å²) in [5.41, 5.74) is 3.37. The van der Waals surface area contributed by atoms with E-state index >= 15 is 0 Å². The van der Waals surface area contributed by atoms with E-state index in [4.69, 9.17) is 12.2 Å². The molecule has 2 N–H and O–H groups in total. The van der Waals surface area contributed by atoms with Crippen molar-refractivity contribution >= 4 is 46.3 Å². The Morgan fingerprint density at radius 1 is 0.889 bits per heavy atom. The number of nitrogens with zero attached hydrogens (tertiary/aromatic N) is 2. The molecule has 6 nitrogen and oxygen atoms in total. The van der Waals surface area contributed by atoms with Crippen LogP contribution in [0.25, 0.3) is 0 Å². The first kappa shape index (κ1) is 18.2. The predicted molar refractivity (Wildman–Crippen MR) is 113 cm³/mol. The van der Waals surface area contributed by atoms with Crippen LogP contribution < -0.4 is 10.6 Å². The minimum atomic E-state index is -0.427. The molecule has 0 spiro atoms. The third-order valence-corrected chi connectivity index (χ3v) is 3.83. The van der Waals surface area contributed by atoms with Gasteiger partial charge in [-0.2, -0.15) is 0 Å². The number of anilines is 2. The van der Waals surface area contributed by atoms with Gasteiger partial charge in [-0.25, -0.2) is 0 Å². The molecular weight excluding hydrogens is 360 g/mol. The second kappa shape index (κ2) is 8.68. The van der Waals surface area contributed by atoms with Crippen LogP contribution in [-0.2, 0) is 0 Å². The molecule has 0 aliphatic carbocycles. The van der Waals surface area contributed by atoms with E-state index in [9.17, 15) is 10.1 Å². The molecule has 3 rings (SSSR count). The number of nitro groups is 1. The van der Waals surface area contributed by atoms with Crippen LogP contribution in [0.2, 0.25) is 0 Å². The number of aliphatic imine (C=N–C) groups is 1. The first-order valence-corrected chi connectivity index (χ1v) is 8.53. The average molecular weight is 376 g/mol. The van der Waals surface area contributed by atoms with Gasteiger partial charge in [0.15, 0.2) is 5.11 Å². The molecule has 3 aromatic carbocycles. The standard InChI is InChI=1S/C20H16N4O2S/c25-24(26)19-12-6-15(7-13-19)14-21-16-8-10-18(11-9-16)23-20(27)22-17-4-2-1-3-5-17/h1-14H,(H2,22,23,27). The molecular formula is C20H16N4O2S. The smallest absolute Gasteiger partial charge is 0.269 e. The van der Waals surface area contributed by atoms with Crippen LogP contribution in [0.4, 0.5) is 22.7 Å². The van der Waals surface area contributed by atoms with Gasteiger partial charge in [-0.15, -0.1) is 0 Å². The minimum absolute atomic E-state index is 0.0580. The molecule has 7 heteroatoms. The maximum absolute atomic E-state index is 10.7. The number of nitrogens with one attached hydrogen (secondary N) is 2. The maximum atomic E-state index is 10.7. The first-order chi connectivity index (χ1) is 13.1. The normalized spacial score (nSPS) is 10.5. The summed E-state index contributed by atoms with van der Waals surface area (Å²) in [4.78, 5) is 14.6. The zero-order valence-corrected chi connectivity index (χ0v) is 15.0. The summed E-state index contributed by atoms with van der Waals surface area (Å²) in [5.74, 6) is 0. The molecule has 0 radical (unpaired) electrons. The lowest BCUT2D eigenvalue weighted by atomic mass is 10.2. The van der Waals surface area contributed by atoms with E-state index in [0.29, 0.717) is 5.11 Å². The van der Waals surface area contributed by atoms with Crippen LogP contribution >= 0.6 is 12.2 Å². The molecule has 0 aliphatic rings. The molecule has 0 atom stereocenters. The van der Waals surface area contributed by atoms with Gasteiger partial charge in [-0.1, -0.05) is 18.2 Å². The summed E-state index contributed by atoms with van der Waals surface area (Å²) in [6.07, 6.45) is 1.66. The third kappa shape index (κ3) is 5.45. The van der Waals surface area contributed by atoms with Crippen molar-refractivity contribution in [1.29, 1.82) is 0 Å². The van der Waals surface area contributed by atoms with Crippen molar-refractivity contribution < 1.29 is 4.92 Å². The highest BCUT2D eigenvalue weighted by molar-refractivity contribution is 7.80. The number of thiocarbonyl (C=S) groups is 1. The van der Waals surface area contributed by atoms with E-state index in [1.807, 2.05) is 54.6 Å². The Labute approximate surface area is 161 Å². The van der Waals surface area contributed by atoms with Gasteiger partial charge >= 0.3 is 0 Å². The van der Waals surface area contributed by atoms with Crippen molar-refractivity contribution in [2.24, 2.45) is 4.99 Å². The first-order valence-electron chi connectivity index (χ1n) is 8.12. The Morgan fingerprint density at radius 2 is 1.48 bits per heavy atom. The summed E-state index contributed by atoms with van der Waals surface area (Å²) in [6, 6.07) is 23.4. The lowest BCUT2D eigenvalue weighted by molar-refractivity contribution is -0.384. The molecule has 0 fully saturated rings. The molecule has 0 heterocycles. The van der Waals surface area contributed by atoms with E-state index in [2.05, 4.69) is 15.6 Å². The van der Waals surface area contributed by atoms with Crippen LogP contribution in [0.1, 0.15) is 5.56 Å². The van der Waals surface area contributed by atoms with Crippen molar-refractivity contribution in [1.82, 2.24) is 0 Å². The summed E-state index contributed by atoms with van der Waals surface area (Å²) in [5, 5.41) is 17.4. The van der Waals surface area contributed by atoms with Crippen molar-refractivity contribution in [3.05, 3.63) is 94.5 Å². The van der Waals surface area contributed by atoms with Gasteiger partial charge in [-0.05, 0) is 66.3 Å². The quantitative estimate of drug-likeness (QED) is 0.278. The zero-order chi connectivity index (χ0) is 19.1. The Hall–Kier alpha value is -3.58. The lowest BCUT2D eigenvalue weighted by Gasteiger charge is -2.10. The molecule has 0 unspecified atom stereocenters. The highest BCUT2D eigenvalue weighted by Gasteiger charge is 2.02. The summed E-state index contributed by atoms with van der Waals surface area (Å²) < 4.78 is 0. The molecule has 27 heavy (non-hydrogen) atoms. The average Bonchev–Trinajstić information content (AvgIpc) is 2.68. The fourth-order valence-electron chi connectivity index (χ4n) is 2.28. The number of para-hydroxylation sites is 1. The monoisotopic (exact) mass is 376 g/mol. The van der Waals surface area contributed by atoms with Crippen LogP contribution in [-0.4, -0.2) is 16.3 Å². The molecule has 0 aliphatic heterocycles.